The van der Waals surface area contributed by atoms with E-state index in [0.29, 0.717) is 23.0 Å². The van der Waals surface area contributed by atoms with Crippen LogP contribution in [0.2, 0.25) is 0 Å². The molecule has 0 bridgehead atoms. The zero-order chi connectivity index (χ0) is 17.0. The maximum atomic E-state index is 12.1. The van der Waals surface area contributed by atoms with Gasteiger partial charge in [0.05, 0.1) is 11.4 Å². The Hall–Kier alpha value is -2.49. The molecule has 0 saturated heterocycles. The Morgan fingerprint density at radius 3 is 2.39 bits per heavy atom. The Kier molecular flexibility index (Phi) is 5.27. The van der Waals surface area contributed by atoms with Crippen molar-refractivity contribution >= 4 is 17.3 Å². The number of anilines is 2. The van der Waals surface area contributed by atoms with Crippen molar-refractivity contribution in [3.8, 4) is 5.75 Å². The topological polar surface area (TPSA) is 64.3 Å². The van der Waals surface area contributed by atoms with Crippen LogP contribution in [-0.4, -0.2) is 12.5 Å². The minimum Gasteiger partial charge on any atom is -0.484 e. The highest BCUT2D eigenvalue weighted by atomic mass is 16.5. The number of ether oxygens (including phenoxy) is 1. The molecule has 2 aromatic rings. The molecule has 0 saturated carbocycles. The first-order valence-corrected chi connectivity index (χ1v) is 7.76. The Morgan fingerprint density at radius 1 is 1.17 bits per heavy atom. The fraction of sp³-hybridized carbons (Fsp3) is 0.316. The summed E-state index contributed by atoms with van der Waals surface area (Å²) >= 11 is 0. The summed E-state index contributed by atoms with van der Waals surface area (Å²) < 4.78 is 5.53. The third-order valence-corrected chi connectivity index (χ3v) is 3.69. The number of hydrogen-bond acceptors (Lipinski definition) is 3. The first-order chi connectivity index (χ1) is 10.9. The van der Waals surface area contributed by atoms with E-state index in [0.717, 1.165) is 11.1 Å². The molecule has 0 fully saturated rings. The van der Waals surface area contributed by atoms with Gasteiger partial charge in [0.15, 0.2) is 6.61 Å². The minimum absolute atomic E-state index is 0.0478. The lowest BCUT2D eigenvalue weighted by Crippen LogP contribution is -2.21. The number of benzene rings is 2. The zero-order valence-corrected chi connectivity index (χ0v) is 14.1. The fourth-order valence-electron chi connectivity index (χ4n) is 2.44. The molecule has 0 aromatic heterocycles. The Labute approximate surface area is 137 Å². The largest absolute Gasteiger partial charge is 0.484 e. The SMILES string of the molecule is Cc1cc(C)c(NC(=O)COc2ccc(C(C)C)cc2)c(N)c1. The lowest BCUT2D eigenvalue weighted by atomic mass is 10.0. The van der Waals surface area contributed by atoms with Crippen molar-refractivity contribution < 1.29 is 9.53 Å². The van der Waals surface area contributed by atoms with Crippen molar-refractivity contribution in [1.29, 1.82) is 0 Å². The monoisotopic (exact) mass is 312 g/mol. The first kappa shape index (κ1) is 16.9. The standard InChI is InChI=1S/C19H24N2O2/c1-12(2)15-5-7-16(8-6-15)23-11-18(22)21-19-14(4)9-13(3)10-17(19)20/h5-10,12H,11,20H2,1-4H3,(H,21,22). The predicted octanol–water partition coefficient (Wildman–Crippen LogP) is 4.03. The Balaban J connectivity index is 1.95. The summed E-state index contributed by atoms with van der Waals surface area (Å²) in [5, 5.41) is 2.82. The third-order valence-electron chi connectivity index (χ3n) is 3.69. The molecule has 0 radical (unpaired) electrons. The number of hydrogen-bond donors (Lipinski definition) is 2. The van der Waals surface area contributed by atoms with Crippen molar-refractivity contribution in [3.63, 3.8) is 0 Å². The van der Waals surface area contributed by atoms with E-state index in [1.165, 1.54) is 5.56 Å². The van der Waals surface area contributed by atoms with Crippen molar-refractivity contribution in [2.24, 2.45) is 0 Å². The highest BCUT2D eigenvalue weighted by molar-refractivity contribution is 5.95. The van der Waals surface area contributed by atoms with Crippen molar-refractivity contribution in [1.82, 2.24) is 0 Å². The molecule has 0 heterocycles. The lowest BCUT2D eigenvalue weighted by molar-refractivity contribution is -0.118. The first-order valence-electron chi connectivity index (χ1n) is 7.76. The number of carbonyl (C=O) groups is 1. The van der Waals surface area contributed by atoms with Crippen LogP contribution in [-0.2, 0) is 4.79 Å². The average Bonchev–Trinajstić information content (AvgIpc) is 2.49. The van der Waals surface area contributed by atoms with Crippen LogP contribution in [0, 0.1) is 13.8 Å². The van der Waals surface area contributed by atoms with Crippen LogP contribution in [0.5, 0.6) is 5.75 Å². The Morgan fingerprint density at radius 2 is 1.83 bits per heavy atom. The number of nitrogens with one attached hydrogen (secondary N) is 1. The average molecular weight is 312 g/mol. The smallest absolute Gasteiger partial charge is 0.262 e. The van der Waals surface area contributed by atoms with Crippen LogP contribution >= 0.6 is 0 Å². The minimum atomic E-state index is -0.225. The van der Waals surface area contributed by atoms with E-state index >= 15 is 0 Å². The summed E-state index contributed by atoms with van der Waals surface area (Å²) in [6, 6.07) is 11.6. The number of aryl methyl sites for hydroxylation is 2. The lowest BCUT2D eigenvalue weighted by Gasteiger charge is -2.13. The molecular weight excluding hydrogens is 288 g/mol. The normalized spacial score (nSPS) is 10.7. The maximum Gasteiger partial charge on any atom is 0.262 e. The van der Waals surface area contributed by atoms with Gasteiger partial charge in [-0.2, -0.15) is 0 Å². The van der Waals surface area contributed by atoms with Crippen molar-refractivity contribution in [2.45, 2.75) is 33.6 Å². The van der Waals surface area contributed by atoms with Crippen molar-refractivity contribution in [2.75, 3.05) is 17.7 Å². The van der Waals surface area contributed by atoms with E-state index in [1.807, 2.05) is 50.2 Å². The molecule has 0 aliphatic rings. The maximum absolute atomic E-state index is 12.1. The van der Waals surface area contributed by atoms with E-state index in [1.54, 1.807) is 0 Å². The van der Waals surface area contributed by atoms with Crippen LogP contribution in [0.1, 0.15) is 36.5 Å². The number of rotatable bonds is 5. The molecule has 2 rings (SSSR count). The molecular formula is C19H24N2O2. The quantitative estimate of drug-likeness (QED) is 0.819. The fourth-order valence-corrected chi connectivity index (χ4v) is 2.44. The van der Waals surface area contributed by atoms with Crippen LogP contribution in [0.4, 0.5) is 11.4 Å². The molecule has 23 heavy (non-hydrogen) atoms. The Bertz CT molecular complexity index is 668. The summed E-state index contributed by atoms with van der Waals surface area (Å²) in [7, 11) is 0. The van der Waals surface area contributed by atoms with E-state index < -0.39 is 0 Å². The van der Waals surface area contributed by atoms with Gasteiger partial charge < -0.3 is 15.8 Å². The molecule has 0 unspecified atom stereocenters. The second-order valence-electron chi connectivity index (χ2n) is 6.11. The second kappa shape index (κ2) is 7.18. The van der Waals surface area contributed by atoms with Gasteiger partial charge in [-0.05, 0) is 54.7 Å². The van der Waals surface area contributed by atoms with E-state index in [9.17, 15) is 4.79 Å². The summed E-state index contributed by atoms with van der Waals surface area (Å²) in [5.74, 6) is 0.926. The van der Waals surface area contributed by atoms with Crippen LogP contribution < -0.4 is 15.8 Å². The molecule has 4 heteroatoms. The van der Waals surface area contributed by atoms with Gasteiger partial charge in [0, 0.05) is 0 Å². The molecule has 3 N–H and O–H groups in total. The molecule has 0 aliphatic carbocycles. The number of amides is 1. The number of carbonyl (C=O) groups excluding carboxylic acids is 1. The predicted molar refractivity (Wildman–Crippen MR) is 95.0 cm³/mol. The van der Waals surface area contributed by atoms with Gasteiger partial charge >= 0.3 is 0 Å². The van der Waals surface area contributed by atoms with E-state index in [4.69, 9.17) is 10.5 Å². The van der Waals surface area contributed by atoms with E-state index in [2.05, 4.69) is 19.2 Å². The second-order valence-corrected chi connectivity index (χ2v) is 6.11. The number of nitrogen functional groups attached to an aromatic ring is 1. The molecule has 4 nitrogen and oxygen atoms in total. The summed E-state index contributed by atoms with van der Waals surface area (Å²) in [5.41, 5.74) is 10.4. The van der Waals surface area contributed by atoms with Gasteiger partial charge in [0.1, 0.15) is 5.75 Å². The van der Waals surface area contributed by atoms with Gasteiger partial charge in [-0.15, -0.1) is 0 Å². The summed E-state index contributed by atoms with van der Waals surface area (Å²) in [6.45, 7) is 8.12. The van der Waals surface area contributed by atoms with Gasteiger partial charge in [-0.25, -0.2) is 0 Å². The van der Waals surface area contributed by atoms with Gasteiger partial charge in [0.2, 0.25) is 0 Å². The summed E-state index contributed by atoms with van der Waals surface area (Å²) in [4.78, 5) is 12.1. The molecule has 0 aliphatic heterocycles. The van der Waals surface area contributed by atoms with Gasteiger partial charge in [0.25, 0.3) is 5.91 Å². The van der Waals surface area contributed by atoms with E-state index in [-0.39, 0.29) is 12.5 Å². The van der Waals surface area contributed by atoms with Crippen LogP contribution in [0.25, 0.3) is 0 Å². The van der Waals surface area contributed by atoms with Crippen LogP contribution in [0.3, 0.4) is 0 Å². The molecule has 1 amide bonds. The molecule has 122 valence electrons. The van der Waals surface area contributed by atoms with Crippen molar-refractivity contribution in [3.05, 3.63) is 53.1 Å². The zero-order valence-electron chi connectivity index (χ0n) is 14.1. The third kappa shape index (κ3) is 4.49. The van der Waals surface area contributed by atoms with Gasteiger partial charge in [-0.3, -0.25) is 4.79 Å². The number of nitrogens with two attached hydrogens (primary N) is 1. The van der Waals surface area contributed by atoms with Gasteiger partial charge in [-0.1, -0.05) is 32.0 Å². The highest BCUT2D eigenvalue weighted by Gasteiger charge is 2.09. The van der Waals surface area contributed by atoms with Crippen LogP contribution in [0.15, 0.2) is 36.4 Å². The summed E-state index contributed by atoms with van der Waals surface area (Å²) in [6.07, 6.45) is 0. The molecule has 2 aromatic carbocycles. The molecule has 0 spiro atoms. The molecule has 0 atom stereocenters. The highest BCUT2D eigenvalue weighted by Crippen LogP contribution is 2.25.